The second-order valence-corrected chi connectivity index (χ2v) is 5.14. The third kappa shape index (κ3) is 6.79. The average molecular weight is 317 g/mol. The molecule has 0 aliphatic heterocycles. The number of halogens is 4. The summed E-state index contributed by atoms with van der Waals surface area (Å²) in [6, 6.07) is 0. The number of hydrogen-bond acceptors (Lipinski definition) is 2. The molecule has 1 saturated carbocycles. The van der Waals surface area contributed by atoms with Gasteiger partial charge < -0.3 is 10.6 Å². The third-order valence-corrected chi connectivity index (χ3v) is 3.54. The van der Waals surface area contributed by atoms with E-state index in [0.29, 0.717) is 25.9 Å². The summed E-state index contributed by atoms with van der Waals surface area (Å²) in [4.78, 5) is 11.8. The van der Waals surface area contributed by atoms with Crippen LogP contribution in [0.1, 0.15) is 39.0 Å². The molecule has 0 aromatic rings. The van der Waals surface area contributed by atoms with Gasteiger partial charge in [-0.05, 0) is 32.2 Å². The van der Waals surface area contributed by atoms with Gasteiger partial charge in [0.2, 0.25) is 5.91 Å². The van der Waals surface area contributed by atoms with Crippen LogP contribution in [-0.4, -0.2) is 31.7 Å². The molecule has 0 radical (unpaired) electrons. The maximum Gasteiger partial charge on any atom is 0.391 e. The number of hydrogen-bond donors (Lipinski definition) is 2. The molecule has 1 amide bonds. The van der Waals surface area contributed by atoms with Gasteiger partial charge in [-0.15, -0.1) is 12.4 Å². The van der Waals surface area contributed by atoms with Crippen molar-refractivity contribution in [3.05, 3.63) is 0 Å². The normalized spacial score (nSPS) is 23.0. The molecule has 3 nitrogen and oxygen atoms in total. The predicted molar refractivity (Wildman–Crippen MR) is 74.9 cm³/mol. The Kier molecular flexibility index (Phi) is 9.22. The van der Waals surface area contributed by atoms with Gasteiger partial charge in [-0.3, -0.25) is 4.79 Å². The highest BCUT2D eigenvalue weighted by molar-refractivity contribution is 5.85. The van der Waals surface area contributed by atoms with Crippen LogP contribution in [0.2, 0.25) is 0 Å². The number of carbonyl (C=O) groups is 1. The van der Waals surface area contributed by atoms with E-state index in [1.807, 2.05) is 6.92 Å². The lowest BCUT2D eigenvalue weighted by Crippen LogP contribution is -2.39. The molecule has 0 spiro atoms. The Morgan fingerprint density at radius 3 is 2.50 bits per heavy atom. The van der Waals surface area contributed by atoms with Crippen molar-refractivity contribution >= 4 is 18.3 Å². The van der Waals surface area contributed by atoms with Gasteiger partial charge in [-0.2, -0.15) is 13.2 Å². The van der Waals surface area contributed by atoms with E-state index in [2.05, 4.69) is 10.6 Å². The summed E-state index contributed by atoms with van der Waals surface area (Å²) in [6.45, 7) is 4.07. The van der Waals surface area contributed by atoms with E-state index in [9.17, 15) is 18.0 Å². The van der Waals surface area contributed by atoms with Crippen molar-refractivity contribution in [3.8, 4) is 0 Å². The second-order valence-electron chi connectivity index (χ2n) is 5.14. The van der Waals surface area contributed by atoms with Crippen LogP contribution in [0.3, 0.4) is 0 Å². The van der Waals surface area contributed by atoms with Crippen LogP contribution in [-0.2, 0) is 4.79 Å². The Labute approximate surface area is 124 Å². The number of rotatable bonds is 6. The smallest absolute Gasteiger partial charge is 0.355 e. The largest absolute Gasteiger partial charge is 0.391 e. The first-order valence-corrected chi connectivity index (χ1v) is 7.00. The summed E-state index contributed by atoms with van der Waals surface area (Å²) in [5, 5.41) is 5.85. The van der Waals surface area contributed by atoms with Crippen LogP contribution in [0.25, 0.3) is 0 Å². The minimum atomic E-state index is -4.17. The first-order chi connectivity index (χ1) is 8.95. The lowest BCUT2D eigenvalue weighted by atomic mass is 9.80. The molecule has 2 N–H and O–H groups in total. The molecule has 1 aliphatic carbocycles. The Morgan fingerprint density at radius 2 is 1.90 bits per heavy atom. The lowest BCUT2D eigenvalue weighted by molar-refractivity contribution is -0.186. The van der Waals surface area contributed by atoms with E-state index in [1.54, 1.807) is 0 Å². The fourth-order valence-electron chi connectivity index (χ4n) is 2.45. The maximum absolute atomic E-state index is 12.6. The van der Waals surface area contributed by atoms with Crippen LogP contribution in [0.15, 0.2) is 0 Å². The second kappa shape index (κ2) is 9.45. The molecule has 1 rings (SSSR count). The molecule has 7 heteroatoms. The Balaban J connectivity index is 0.00000361. The molecule has 1 aliphatic rings. The first kappa shape index (κ1) is 19.5. The molecule has 0 saturated heterocycles. The van der Waals surface area contributed by atoms with E-state index >= 15 is 0 Å². The van der Waals surface area contributed by atoms with E-state index in [0.717, 1.165) is 13.0 Å². The lowest BCUT2D eigenvalue weighted by Gasteiger charge is -2.29. The summed E-state index contributed by atoms with van der Waals surface area (Å²) in [5.41, 5.74) is 0. The van der Waals surface area contributed by atoms with Gasteiger partial charge in [0, 0.05) is 19.0 Å². The van der Waals surface area contributed by atoms with Gasteiger partial charge in [-0.1, -0.05) is 13.3 Å². The first-order valence-electron chi connectivity index (χ1n) is 7.00. The maximum atomic E-state index is 12.6. The molecule has 0 heterocycles. The zero-order valence-electron chi connectivity index (χ0n) is 11.8. The van der Waals surface area contributed by atoms with Crippen molar-refractivity contribution in [1.82, 2.24) is 10.6 Å². The van der Waals surface area contributed by atoms with Gasteiger partial charge in [-0.25, -0.2) is 0 Å². The Morgan fingerprint density at radius 1 is 1.20 bits per heavy atom. The molecule has 120 valence electrons. The van der Waals surface area contributed by atoms with Gasteiger partial charge in [0.15, 0.2) is 0 Å². The van der Waals surface area contributed by atoms with Crippen LogP contribution >= 0.6 is 12.4 Å². The average Bonchev–Trinajstić information content (AvgIpc) is 2.37. The van der Waals surface area contributed by atoms with Crippen molar-refractivity contribution in [3.63, 3.8) is 0 Å². The summed E-state index contributed by atoms with van der Waals surface area (Å²) in [6.07, 6.45) is -1.99. The minimum absolute atomic E-state index is 0. The molecule has 2 atom stereocenters. The van der Waals surface area contributed by atoms with Crippen molar-refractivity contribution in [2.45, 2.75) is 45.2 Å². The summed E-state index contributed by atoms with van der Waals surface area (Å²) in [5.74, 6) is -2.02. The number of nitrogens with one attached hydrogen (secondary N) is 2. The fraction of sp³-hybridized carbons (Fsp3) is 0.923. The molecular weight excluding hydrogens is 293 g/mol. The van der Waals surface area contributed by atoms with Crippen LogP contribution in [0.5, 0.6) is 0 Å². The van der Waals surface area contributed by atoms with Gasteiger partial charge in [0.05, 0.1) is 5.92 Å². The van der Waals surface area contributed by atoms with E-state index in [1.165, 1.54) is 0 Å². The molecule has 0 aromatic heterocycles. The number of alkyl halides is 3. The fourth-order valence-corrected chi connectivity index (χ4v) is 2.45. The molecule has 20 heavy (non-hydrogen) atoms. The highest BCUT2D eigenvalue weighted by Gasteiger charge is 2.43. The molecule has 0 aromatic carbocycles. The summed E-state index contributed by atoms with van der Waals surface area (Å²) >= 11 is 0. The molecule has 0 bridgehead atoms. The third-order valence-electron chi connectivity index (χ3n) is 3.54. The predicted octanol–water partition coefficient (Wildman–Crippen LogP) is 2.89. The highest BCUT2D eigenvalue weighted by atomic mass is 35.5. The van der Waals surface area contributed by atoms with Gasteiger partial charge in [0.25, 0.3) is 0 Å². The zero-order valence-corrected chi connectivity index (χ0v) is 12.6. The van der Waals surface area contributed by atoms with Gasteiger partial charge in [0.1, 0.15) is 0 Å². The monoisotopic (exact) mass is 316 g/mol. The van der Waals surface area contributed by atoms with E-state index in [-0.39, 0.29) is 31.2 Å². The van der Waals surface area contributed by atoms with E-state index < -0.39 is 18.0 Å². The Bertz CT molecular complexity index is 287. The van der Waals surface area contributed by atoms with Crippen molar-refractivity contribution in [1.29, 1.82) is 0 Å². The van der Waals surface area contributed by atoms with Crippen LogP contribution in [0, 0.1) is 11.8 Å². The standard InChI is InChI=1S/C13H23F3N2O.ClH/c1-2-6-17-7-8-18-12(19)10-4-3-5-11(9-10)13(14,15)16;/h10-11,17H,2-9H2,1H3,(H,18,19);1H. The van der Waals surface area contributed by atoms with Crippen LogP contribution < -0.4 is 10.6 Å². The van der Waals surface area contributed by atoms with Crippen molar-refractivity contribution in [2.75, 3.05) is 19.6 Å². The van der Waals surface area contributed by atoms with Crippen molar-refractivity contribution < 1.29 is 18.0 Å². The van der Waals surface area contributed by atoms with E-state index in [4.69, 9.17) is 0 Å². The zero-order chi connectivity index (χ0) is 14.3. The Hall–Kier alpha value is -0.490. The molecule has 2 unspecified atom stereocenters. The summed E-state index contributed by atoms with van der Waals surface area (Å²) in [7, 11) is 0. The quantitative estimate of drug-likeness (QED) is 0.740. The summed E-state index contributed by atoms with van der Waals surface area (Å²) < 4.78 is 37.9. The number of amides is 1. The topological polar surface area (TPSA) is 41.1 Å². The highest BCUT2D eigenvalue weighted by Crippen LogP contribution is 2.39. The minimum Gasteiger partial charge on any atom is -0.355 e. The van der Waals surface area contributed by atoms with Crippen molar-refractivity contribution in [2.24, 2.45) is 11.8 Å². The van der Waals surface area contributed by atoms with Gasteiger partial charge >= 0.3 is 6.18 Å². The number of carbonyl (C=O) groups excluding carboxylic acids is 1. The molecule has 1 fully saturated rings. The van der Waals surface area contributed by atoms with Crippen LogP contribution in [0.4, 0.5) is 13.2 Å². The SMILES string of the molecule is CCCNCCNC(=O)C1CCCC(C(F)(F)F)C1.Cl. The molecular formula is C13H24ClF3N2O.